The number of hydrogen-bond donors (Lipinski definition) is 2. The van der Waals surface area contributed by atoms with Crippen molar-refractivity contribution < 1.29 is 34.1 Å². The molecule has 2 rings (SSSR count). The molecule has 2 aromatic carbocycles. The predicted molar refractivity (Wildman–Crippen MR) is 85.2 cm³/mol. The Morgan fingerprint density at radius 2 is 1.24 bits per heavy atom. The Labute approximate surface area is 142 Å². The fraction of sp³-hybridized carbons (Fsp3) is 0.111. The lowest BCUT2D eigenvalue weighted by atomic mass is 10.1. The standard InChI is InChI=1S/C18H14O7/c19-13-5-1-11(2-6-13)10-16(21)18(24)25-14-7-3-12(4-8-14)9-15(20)17(22)23/h1-8,19H,9-10H2,(H,22,23). The molecule has 7 nitrogen and oxygen atoms in total. The zero-order valence-corrected chi connectivity index (χ0v) is 13.0. The second-order valence-corrected chi connectivity index (χ2v) is 5.20. The van der Waals surface area contributed by atoms with Gasteiger partial charge in [-0.3, -0.25) is 9.59 Å². The molecule has 0 spiro atoms. The molecule has 0 heterocycles. The van der Waals surface area contributed by atoms with Crippen LogP contribution in [0.3, 0.4) is 0 Å². The predicted octanol–water partition coefficient (Wildman–Crippen LogP) is 1.31. The van der Waals surface area contributed by atoms with Crippen molar-refractivity contribution in [2.24, 2.45) is 0 Å². The van der Waals surface area contributed by atoms with Crippen molar-refractivity contribution in [1.82, 2.24) is 0 Å². The van der Waals surface area contributed by atoms with E-state index in [-0.39, 0.29) is 24.3 Å². The van der Waals surface area contributed by atoms with Gasteiger partial charge in [-0.05, 0) is 35.4 Å². The summed E-state index contributed by atoms with van der Waals surface area (Å²) in [5, 5.41) is 17.7. The summed E-state index contributed by atoms with van der Waals surface area (Å²) in [6.07, 6.45) is -0.437. The third-order valence-electron chi connectivity index (χ3n) is 3.27. The van der Waals surface area contributed by atoms with Gasteiger partial charge in [0.15, 0.2) is 0 Å². The molecule has 0 unspecified atom stereocenters. The quantitative estimate of drug-likeness (QED) is 0.442. The van der Waals surface area contributed by atoms with Crippen molar-refractivity contribution in [3.63, 3.8) is 0 Å². The smallest absolute Gasteiger partial charge is 0.380 e. The van der Waals surface area contributed by atoms with Crippen LogP contribution in [0, 0.1) is 0 Å². The minimum Gasteiger partial charge on any atom is -0.508 e. The Balaban J connectivity index is 1.93. The molecule has 2 N–H and O–H groups in total. The SMILES string of the molecule is O=C(O)C(=O)Cc1ccc(OC(=O)C(=O)Cc2ccc(O)cc2)cc1. The van der Waals surface area contributed by atoms with Gasteiger partial charge in [-0.1, -0.05) is 24.3 Å². The van der Waals surface area contributed by atoms with Crippen LogP contribution in [-0.2, 0) is 32.0 Å². The Morgan fingerprint density at radius 3 is 1.76 bits per heavy atom. The van der Waals surface area contributed by atoms with Gasteiger partial charge in [0, 0.05) is 12.8 Å². The van der Waals surface area contributed by atoms with Crippen molar-refractivity contribution in [2.75, 3.05) is 0 Å². The fourth-order valence-electron chi connectivity index (χ4n) is 1.97. The molecule has 0 atom stereocenters. The molecule has 0 fully saturated rings. The highest BCUT2D eigenvalue weighted by Gasteiger charge is 2.17. The van der Waals surface area contributed by atoms with Crippen LogP contribution in [0.5, 0.6) is 11.5 Å². The molecule has 0 aliphatic rings. The normalized spacial score (nSPS) is 10.1. The molecule has 0 aliphatic heterocycles. The molecule has 0 aromatic heterocycles. The Bertz CT molecular complexity index is 804. The van der Waals surface area contributed by atoms with Gasteiger partial charge in [-0.15, -0.1) is 0 Å². The lowest BCUT2D eigenvalue weighted by Gasteiger charge is -2.05. The maximum Gasteiger partial charge on any atom is 0.380 e. The van der Waals surface area contributed by atoms with Gasteiger partial charge in [0.05, 0.1) is 0 Å². The van der Waals surface area contributed by atoms with Crippen molar-refractivity contribution in [1.29, 1.82) is 0 Å². The van der Waals surface area contributed by atoms with Gasteiger partial charge in [-0.2, -0.15) is 0 Å². The number of rotatable bonds is 7. The number of aromatic hydroxyl groups is 1. The van der Waals surface area contributed by atoms with E-state index in [2.05, 4.69) is 0 Å². The summed E-state index contributed by atoms with van der Waals surface area (Å²) in [4.78, 5) is 45.2. The van der Waals surface area contributed by atoms with Gasteiger partial charge in [0.25, 0.3) is 0 Å². The van der Waals surface area contributed by atoms with E-state index in [1.165, 1.54) is 48.5 Å². The second-order valence-electron chi connectivity index (χ2n) is 5.20. The first-order valence-corrected chi connectivity index (χ1v) is 7.23. The number of benzene rings is 2. The summed E-state index contributed by atoms with van der Waals surface area (Å²) in [5.74, 6) is -4.10. The van der Waals surface area contributed by atoms with Crippen LogP contribution in [0.15, 0.2) is 48.5 Å². The minimum atomic E-state index is -1.52. The number of ether oxygens (including phenoxy) is 1. The number of esters is 1. The molecule has 25 heavy (non-hydrogen) atoms. The summed E-state index contributed by atoms with van der Waals surface area (Å²) in [6.45, 7) is 0. The molecule has 0 aliphatic carbocycles. The molecular formula is C18H14O7. The van der Waals surface area contributed by atoms with Crippen LogP contribution < -0.4 is 4.74 Å². The van der Waals surface area contributed by atoms with E-state index >= 15 is 0 Å². The number of ketones is 2. The van der Waals surface area contributed by atoms with E-state index in [4.69, 9.17) is 9.84 Å². The number of Topliss-reactive ketones (excluding diaryl/α,β-unsaturated/α-hetero) is 2. The van der Waals surface area contributed by atoms with E-state index in [0.717, 1.165) is 0 Å². The highest BCUT2D eigenvalue weighted by Crippen LogP contribution is 2.14. The van der Waals surface area contributed by atoms with E-state index in [9.17, 15) is 24.3 Å². The number of carbonyl (C=O) groups is 4. The van der Waals surface area contributed by atoms with Crippen LogP contribution in [0.4, 0.5) is 0 Å². The maximum atomic E-state index is 11.8. The van der Waals surface area contributed by atoms with E-state index in [0.29, 0.717) is 11.1 Å². The average molecular weight is 342 g/mol. The Kier molecular flexibility index (Phi) is 5.62. The number of phenolic OH excluding ortho intramolecular Hbond substituents is 1. The minimum absolute atomic E-state index is 0.0558. The van der Waals surface area contributed by atoms with Crippen LogP contribution in [0.1, 0.15) is 11.1 Å². The highest BCUT2D eigenvalue weighted by molar-refractivity contribution is 6.34. The van der Waals surface area contributed by atoms with E-state index in [1.54, 1.807) is 0 Å². The number of carbonyl (C=O) groups excluding carboxylic acids is 3. The fourth-order valence-corrected chi connectivity index (χ4v) is 1.97. The number of carboxylic acids is 1. The molecule has 7 heteroatoms. The molecule has 2 aromatic rings. The first-order valence-electron chi connectivity index (χ1n) is 7.23. The number of phenols is 1. The average Bonchev–Trinajstić information content (AvgIpc) is 2.58. The first kappa shape index (κ1) is 17.9. The number of hydrogen-bond acceptors (Lipinski definition) is 6. The summed E-state index contributed by atoms with van der Waals surface area (Å²) in [7, 11) is 0. The molecule has 0 amide bonds. The summed E-state index contributed by atoms with van der Waals surface area (Å²) >= 11 is 0. The molecular weight excluding hydrogens is 328 g/mol. The van der Waals surface area contributed by atoms with Crippen LogP contribution >= 0.6 is 0 Å². The van der Waals surface area contributed by atoms with E-state index < -0.39 is 23.5 Å². The molecule has 0 bridgehead atoms. The maximum absolute atomic E-state index is 11.8. The van der Waals surface area contributed by atoms with Gasteiger partial charge < -0.3 is 14.9 Å². The summed E-state index contributed by atoms with van der Waals surface area (Å²) < 4.78 is 4.94. The van der Waals surface area contributed by atoms with Gasteiger partial charge in [0.2, 0.25) is 11.6 Å². The van der Waals surface area contributed by atoms with Crippen molar-refractivity contribution in [2.45, 2.75) is 12.8 Å². The van der Waals surface area contributed by atoms with Gasteiger partial charge in [-0.25, -0.2) is 9.59 Å². The summed E-state index contributed by atoms with van der Waals surface area (Å²) in [6, 6.07) is 11.5. The molecule has 0 saturated heterocycles. The lowest BCUT2D eigenvalue weighted by Crippen LogP contribution is -2.22. The summed E-state index contributed by atoms with van der Waals surface area (Å²) in [5.41, 5.74) is 1.00. The van der Waals surface area contributed by atoms with Crippen LogP contribution in [-0.4, -0.2) is 33.7 Å². The van der Waals surface area contributed by atoms with Gasteiger partial charge >= 0.3 is 11.9 Å². The Morgan fingerprint density at radius 1 is 0.760 bits per heavy atom. The molecule has 0 saturated carbocycles. The molecule has 128 valence electrons. The second kappa shape index (κ2) is 7.87. The van der Waals surface area contributed by atoms with Crippen LogP contribution in [0.2, 0.25) is 0 Å². The lowest BCUT2D eigenvalue weighted by molar-refractivity contribution is -0.148. The first-order chi connectivity index (χ1) is 11.8. The number of aliphatic carboxylic acids is 1. The largest absolute Gasteiger partial charge is 0.508 e. The third-order valence-corrected chi connectivity index (χ3v) is 3.27. The van der Waals surface area contributed by atoms with Crippen molar-refractivity contribution in [3.8, 4) is 11.5 Å². The zero-order chi connectivity index (χ0) is 18.4. The van der Waals surface area contributed by atoms with Gasteiger partial charge in [0.1, 0.15) is 11.5 Å². The van der Waals surface area contributed by atoms with Crippen molar-refractivity contribution in [3.05, 3.63) is 59.7 Å². The topological polar surface area (TPSA) is 118 Å². The monoisotopic (exact) mass is 342 g/mol. The third kappa shape index (κ3) is 5.28. The van der Waals surface area contributed by atoms with Crippen LogP contribution in [0.25, 0.3) is 0 Å². The highest BCUT2D eigenvalue weighted by atomic mass is 16.5. The zero-order valence-electron chi connectivity index (χ0n) is 13.0. The van der Waals surface area contributed by atoms with Crippen molar-refractivity contribution >= 4 is 23.5 Å². The Hall–Kier alpha value is -3.48. The van der Waals surface area contributed by atoms with E-state index in [1.807, 2.05) is 0 Å². The molecule has 0 radical (unpaired) electrons. The number of carboxylic acid groups (broad SMARTS) is 1.